The Morgan fingerprint density at radius 1 is 1.00 bits per heavy atom. The van der Waals surface area contributed by atoms with E-state index >= 15 is 4.39 Å². The number of nitrogens with zero attached hydrogens (tertiary/aromatic N) is 6. The highest BCUT2D eigenvalue weighted by atomic mass is 19.1. The molecule has 0 radical (unpaired) electrons. The van der Waals surface area contributed by atoms with Gasteiger partial charge in [-0.2, -0.15) is 0 Å². The van der Waals surface area contributed by atoms with Crippen molar-refractivity contribution in [3.05, 3.63) is 107 Å². The first-order valence-corrected chi connectivity index (χ1v) is 22.0. The van der Waals surface area contributed by atoms with Crippen LogP contribution in [-0.2, 0) is 9.53 Å². The molecule has 2 atom stereocenters. The molecule has 0 aliphatic carbocycles. The fraction of sp³-hybridized carbons (Fsp3) is 0.447. The van der Waals surface area contributed by atoms with E-state index in [-0.39, 0.29) is 66.8 Å². The average Bonchev–Trinajstić information content (AvgIpc) is 3.65. The van der Waals surface area contributed by atoms with Gasteiger partial charge >= 0.3 is 6.03 Å². The first kappa shape index (κ1) is 43.5. The molecule has 63 heavy (non-hydrogen) atoms. The summed E-state index contributed by atoms with van der Waals surface area (Å²) in [6, 6.07) is 16.0. The molecule has 334 valence electrons. The van der Waals surface area contributed by atoms with Gasteiger partial charge in [-0.05, 0) is 73.2 Å². The van der Waals surface area contributed by atoms with Gasteiger partial charge in [-0.15, -0.1) is 0 Å². The zero-order valence-electron chi connectivity index (χ0n) is 36.3. The van der Waals surface area contributed by atoms with Crippen molar-refractivity contribution in [1.29, 1.82) is 0 Å². The van der Waals surface area contributed by atoms with E-state index in [0.717, 1.165) is 48.1 Å². The Bertz CT molecular complexity index is 2410. The molecular formula is C47H59FN10O5. The molecule has 8 N–H and O–H groups in total. The Kier molecular flexibility index (Phi) is 12.4. The van der Waals surface area contributed by atoms with Crippen LogP contribution in [0, 0.1) is 0 Å². The van der Waals surface area contributed by atoms with E-state index in [1.54, 1.807) is 58.5 Å². The highest BCUT2D eigenvalue weighted by molar-refractivity contribution is 6.06. The second-order valence-electron chi connectivity index (χ2n) is 17.8. The molecule has 2 unspecified atom stereocenters. The van der Waals surface area contributed by atoms with Crippen molar-refractivity contribution in [2.45, 2.75) is 82.7 Å². The van der Waals surface area contributed by atoms with Gasteiger partial charge in [0, 0.05) is 106 Å². The number of aromatic hydroxyl groups is 1. The van der Waals surface area contributed by atoms with Gasteiger partial charge < -0.3 is 46.3 Å². The lowest BCUT2D eigenvalue weighted by molar-refractivity contribution is -0.120. The first-order valence-electron chi connectivity index (χ1n) is 22.0. The van der Waals surface area contributed by atoms with Crippen molar-refractivity contribution in [2.24, 2.45) is 17.2 Å². The number of carbonyl (C=O) groups is 3. The van der Waals surface area contributed by atoms with Crippen LogP contribution >= 0.6 is 0 Å². The zero-order chi connectivity index (χ0) is 44.6. The molecule has 16 heteroatoms. The van der Waals surface area contributed by atoms with Crippen LogP contribution in [0.25, 0.3) is 16.7 Å². The minimum atomic E-state index is -1.38. The third-order valence-corrected chi connectivity index (χ3v) is 13.0. The van der Waals surface area contributed by atoms with Crippen molar-refractivity contribution in [2.75, 3.05) is 57.3 Å². The van der Waals surface area contributed by atoms with E-state index in [0.29, 0.717) is 67.5 Å². The van der Waals surface area contributed by atoms with Crippen LogP contribution in [0.1, 0.15) is 98.0 Å². The number of ether oxygens (including phenoxy) is 1. The van der Waals surface area contributed by atoms with Crippen LogP contribution in [0.2, 0.25) is 0 Å². The summed E-state index contributed by atoms with van der Waals surface area (Å²) in [5.41, 5.74) is 22.7. The summed E-state index contributed by atoms with van der Waals surface area (Å²) in [4.78, 5) is 50.4. The van der Waals surface area contributed by atoms with Crippen molar-refractivity contribution in [1.82, 2.24) is 29.6 Å². The molecule has 4 fully saturated rings. The number of urea groups is 1. The smallest absolute Gasteiger partial charge is 0.328 e. The number of imide groups is 1. The summed E-state index contributed by atoms with van der Waals surface area (Å²) in [5.74, 6) is -0.0116. The van der Waals surface area contributed by atoms with E-state index < -0.39 is 11.7 Å². The lowest BCUT2D eigenvalue weighted by Gasteiger charge is -2.41. The monoisotopic (exact) mass is 862 g/mol. The van der Waals surface area contributed by atoms with E-state index in [2.05, 4.69) is 34.8 Å². The number of phenols is 1. The maximum atomic E-state index is 16.5. The Morgan fingerprint density at radius 3 is 2.38 bits per heavy atom. The number of allylic oxidation sites excluding steroid dienone is 1. The number of hydrogen-bond donors (Lipinski definition) is 5. The minimum absolute atomic E-state index is 0.0530. The van der Waals surface area contributed by atoms with Crippen molar-refractivity contribution in [3.63, 3.8) is 0 Å². The molecule has 0 saturated carbocycles. The van der Waals surface area contributed by atoms with Gasteiger partial charge in [-0.3, -0.25) is 19.8 Å². The third-order valence-electron chi connectivity index (χ3n) is 13.0. The number of fused-ring (bicyclic) bond motifs is 1. The quantitative estimate of drug-likeness (QED) is 0.127. The Labute approximate surface area is 367 Å². The van der Waals surface area contributed by atoms with Crippen LogP contribution in [0.5, 0.6) is 5.75 Å². The first-order chi connectivity index (χ1) is 30.2. The number of para-hydroxylation sites is 1. The van der Waals surface area contributed by atoms with Crippen LogP contribution in [0.4, 0.5) is 14.9 Å². The largest absolute Gasteiger partial charge is 0.507 e. The summed E-state index contributed by atoms with van der Waals surface area (Å²) < 4.78 is 25.0. The number of hydrogen-bond acceptors (Lipinski definition) is 11. The van der Waals surface area contributed by atoms with Crippen molar-refractivity contribution in [3.8, 4) is 5.75 Å². The summed E-state index contributed by atoms with van der Waals surface area (Å²) in [5, 5.41) is 13.7. The second kappa shape index (κ2) is 17.9. The Balaban J connectivity index is 0.847. The predicted octanol–water partition coefficient (Wildman–Crippen LogP) is 5.44. The highest BCUT2D eigenvalue weighted by Crippen LogP contribution is 2.37. The lowest BCUT2D eigenvalue weighted by atomic mass is 9.91. The summed E-state index contributed by atoms with van der Waals surface area (Å²) >= 11 is 0. The number of likely N-dealkylation sites (tertiary alicyclic amines) is 2. The van der Waals surface area contributed by atoms with Gasteiger partial charge in [0.05, 0.1) is 23.7 Å². The van der Waals surface area contributed by atoms with Gasteiger partial charge in [0.15, 0.2) is 0 Å². The van der Waals surface area contributed by atoms with Crippen LogP contribution < -0.4 is 27.4 Å². The number of carbonyl (C=O) groups excluding carboxylic acids is 3. The topological polar surface area (TPSA) is 202 Å². The number of morpholine rings is 1. The number of piperidine rings is 2. The highest BCUT2D eigenvalue weighted by Gasteiger charge is 2.39. The SMILES string of the molecule is CC1CN(C(/C=C(\N)c2ccccc2O)=C(N)N)CC(c2ccc(C(=O)N3CCC(F)(CN4CCC(n5cc(C(C)C)c6cc(N7CCC(=O)NC7=O)cnc65)CC4)CC3)cc2)O1. The number of nitrogens with two attached hydrogens (primary N) is 3. The van der Waals surface area contributed by atoms with E-state index in [4.69, 9.17) is 26.9 Å². The standard InChI is InChI=1S/C47H59FN10O5/c1-29(2)37-26-58(44-36(37)22-34(24-52-44)57-19-14-42(60)53-46(57)62)33-12-17-54(18-13-33)28-47(48)15-20-55(21-16-47)45(61)32-10-8-31(9-11-32)41-27-56(25-30(3)63-41)39(43(50)51)23-38(49)35-6-4-5-7-40(35)59/h4-11,22-24,26,29-30,33,41,59H,12-21,25,27-28,49-51H2,1-3H3,(H,53,60,62)/b38-23-. The number of aromatic nitrogens is 2. The van der Waals surface area contributed by atoms with Crippen LogP contribution in [0.15, 0.2) is 84.6 Å². The van der Waals surface area contributed by atoms with Crippen molar-refractivity contribution >= 4 is 40.3 Å². The molecule has 2 aromatic carbocycles. The molecule has 0 spiro atoms. The van der Waals surface area contributed by atoms with Gasteiger partial charge in [0.1, 0.15) is 29.0 Å². The number of halogens is 1. The predicted molar refractivity (Wildman–Crippen MR) is 240 cm³/mol. The maximum absolute atomic E-state index is 16.5. The van der Waals surface area contributed by atoms with Gasteiger partial charge in [-0.25, -0.2) is 14.2 Å². The molecule has 6 heterocycles. The number of rotatable bonds is 10. The fourth-order valence-corrected chi connectivity index (χ4v) is 9.52. The molecule has 4 saturated heterocycles. The molecule has 4 aliphatic rings. The zero-order valence-corrected chi connectivity index (χ0v) is 36.3. The molecular weight excluding hydrogens is 804 g/mol. The number of benzene rings is 2. The Hall–Kier alpha value is -6.13. The molecule has 4 aliphatic heterocycles. The number of phenolic OH excluding ortho intramolecular Hbond substituents is 1. The molecule has 4 aromatic rings. The van der Waals surface area contributed by atoms with Crippen molar-refractivity contribution < 1.29 is 28.6 Å². The van der Waals surface area contributed by atoms with Gasteiger partial charge in [0.2, 0.25) is 5.91 Å². The molecule has 2 aromatic heterocycles. The number of anilines is 1. The van der Waals surface area contributed by atoms with Gasteiger partial charge in [0.25, 0.3) is 5.91 Å². The summed E-state index contributed by atoms with van der Waals surface area (Å²) in [7, 11) is 0. The number of nitrogens with one attached hydrogen (secondary N) is 1. The van der Waals surface area contributed by atoms with Crippen LogP contribution in [-0.4, -0.2) is 111 Å². The number of amides is 4. The molecule has 8 rings (SSSR count). The third kappa shape index (κ3) is 9.32. The number of alkyl halides is 1. The van der Waals surface area contributed by atoms with E-state index in [1.807, 2.05) is 30.0 Å². The summed E-state index contributed by atoms with van der Waals surface area (Å²) in [6.07, 6.45) is 7.56. The van der Waals surface area contributed by atoms with E-state index in [1.165, 1.54) is 0 Å². The fourth-order valence-electron chi connectivity index (χ4n) is 9.52. The number of pyridine rings is 1. The molecule has 4 amide bonds. The minimum Gasteiger partial charge on any atom is -0.507 e. The van der Waals surface area contributed by atoms with Crippen LogP contribution in [0.3, 0.4) is 0 Å². The average molecular weight is 863 g/mol. The maximum Gasteiger partial charge on any atom is 0.328 e. The molecule has 0 bridgehead atoms. The van der Waals surface area contributed by atoms with E-state index in [9.17, 15) is 19.5 Å². The molecule has 15 nitrogen and oxygen atoms in total. The van der Waals surface area contributed by atoms with Gasteiger partial charge in [-0.1, -0.05) is 38.1 Å². The Morgan fingerprint density at radius 2 is 1.71 bits per heavy atom. The lowest BCUT2D eigenvalue weighted by Crippen LogP contribution is -2.51. The second-order valence-corrected chi connectivity index (χ2v) is 17.8. The summed E-state index contributed by atoms with van der Waals surface area (Å²) in [6.45, 7) is 10.1. The normalized spacial score (nSPS) is 21.5.